The number of rotatable bonds is 5. The maximum atomic E-state index is 14.2. The highest BCUT2D eigenvalue weighted by Crippen LogP contribution is 2.33. The smallest absolute Gasteiger partial charge is 0.348 e. The Morgan fingerprint density at radius 1 is 0.844 bits per heavy atom. The van der Waals surface area contributed by atoms with Gasteiger partial charge in [-0.3, -0.25) is 4.79 Å². The molecule has 1 aliphatic heterocycles. The van der Waals surface area contributed by atoms with Crippen LogP contribution in [0.3, 0.4) is 0 Å². The zero-order valence-corrected chi connectivity index (χ0v) is 24.9. The zero-order chi connectivity index (χ0) is 31.8. The van der Waals surface area contributed by atoms with Crippen LogP contribution in [0.4, 0.5) is 23.7 Å². The summed E-state index contributed by atoms with van der Waals surface area (Å²) in [4.78, 5) is 28.6. The van der Waals surface area contributed by atoms with Crippen LogP contribution in [0.1, 0.15) is 35.6 Å². The van der Waals surface area contributed by atoms with Gasteiger partial charge in [0.25, 0.3) is 0 Å². The first-order valence-corrected chi connectivity index (χ1v) is 16.1. The molecule has 0 saturated carbocycles. The van der Waals surface area contributed by atoms with E-state index in [2.05, 4.69) is 10.6 Å². The number of carbonyl (C=O) groups is 2. The summed E-state index contributed by atoms with van der Waals surface area (Å²) in [7, 11) is -4.20. The lowest BCUT2D eigenvalue weighted by Crippen LogP contribution is -2.62. The summed E-state index contributed by atoms with van der Waals surface area (Å²) in [5.41, 5.74) is 1.39. The Hall–Kier alpha value is -4.42. The first-order valence-electron chi connectivity index (χ1n) is 14.6. The average molecular weight is 637 g/mol. The van der Waals surface area contributed by atoms with Crippen molar-refractivity contribution in [3.63, 3.8) is 0 Å². The number of anilines is 1. The van der Waals surface area contributed by atoms with E-state index in [9.17, 15) is 31.2 Å². The minimum atomic E-state index is -4.52. The fraction of sp³-hybridized carbons (Fsp3) is 0.273. The van der Waals surface area contributed by atoms with E-state index < -0.39 is 39.7 Å². The Bertz CT molecular complexity index is 1840. The zero-order valence-electron chi connectivity index (χ0n) is 24.1. The van der Waals surface area contributed by atoms with E-state index in [1.165, 1.54) is 11.0 Å². The number of sulfonamides is 1. The predicted octanol–water partition coefficient (Wildman–Crippen LogP) is 5.96. The second-order valence-corrected chi connectivity index (χ2v) is 13.1. The second-order valence-electron chi connectivity index (χ2n) is 11.2. The van der Waals surface area contributed by atoms with Crippen molar-refractivity contribution in [1.82, 2.24) is 14.5 Å². The highest BCUT2D eigenvalue weighted by Gasteiger charge is 2.42. The number of amides is 3. The van der Waals surface area contributed by atoms with Crippen LogP contribution < -0.4 is 10.6 Å². The van der Waals surface area contributed by atoms with Gasteiger partial charge in [0.15, 0.2) is 0 Å². The largest absolute Gasteiger partial charge is 0.416 e. The van der Waals surface area contributed by atoms with Gasteiger partial charge in [0.1, 0.15) is 6.04 Å². The Morgan fingerprint density at radius 3 is 2.33 bits per heavy atom. The summed E-state index contributed by atoms with van der Waals surface area (Å²) in [5.74, 6) is -0.535. The van der Waals surface area contributed by atoms with E-state index in [0.29, 0.717) is 11.8 Å². The molecule has 0 radical (unpaired) electrons. The van der Waals surface area contributed by atoms with Crippen LogP contribution in [-0.4, -0.2) is 55.2 Å². The van der Waals surface area contributed by atoms with Crippen molar-refractivity contribution >= 4 is 38.4 Å². The Balaban J connectivity index is 1.29. The molecule has 12 heteroatoms. The van der Waals surface area contributed by atoms with E-state index in [-0.39, 0.29) is 36.3 Å². The van der Waals surface area contributed by atoms with Crippen molar-refractivity contribution in [2.75, 3.05) is 25.0 Å². The van der Waals surface area contributed by atoms with Gasteiger partial charge < -0.3 is 15.5 Å². The highest BCUT2D eigenvalue weighted by atomic mass is 32.2. The fourth-order valence-corrected chi connectivity index (χ4v) is 7.90. The number of nitrogens with zero attached hydrogens (tertiary/aromatic N) is 2. The highest BCUT2D eigenvalue weighted by molar-refractivity contribution is 7.89. The van der Waals surface area contributed by atoms with Crippen LogP contribution in [0, 0.1) is 0 Å². The van der Waals surface area contributed by atoms with Gasteiger partial charge in [-0.15, -0.1) is 0 Å². The molecule has 2 aliphatic rings. The second kappa shape index (κ2) is 12.2. The van der Waals surface area contributed by atoms with E-state index >= 15 is 0 Å². The Morgan fingerprint density at radius 2 is 1.56 bits per heavy atom. The quantitative estimate of drug-likeness (QED) is 0.283. The molecule has 8 nitrogen and oxygen atoms in total. The third kappa shape index (κ3) is 6.25. The summed E-state index contributed by atoms with van der Waals surface area (Å²) in [5, 5.41) is 6.87. The van der Waals surface area contributed by atoms with Crippen LogP contribution in [0.25, 0.3) is 10.8 Å². The maximum Gasteiger partial charge on any atom is 0.416 e. The maximum absolute atomic E-state index is 14.2. The molecule has 1 saturated heterocycles. The molecule has 0 bridgehead atoms. The minimum Gasteiger partial charge on any atom is -0.348 e. The van der Waals surface area contributed by atoms with Gasteiger partial charge >= 0.3 is 12.2 Å². The average Bonchev–Trinajstić information content (AvgIpc) is 3.04. The summed E-state index contributed by atoms with van der Waals surface area (Å²) >= 11 is 0. The molecule has 0 spiro atoms. The Labute approximate surface area is 258 Å². The number of urea groups is 1. The molecule has 1 heterocycles. The van der Waals surface area contributed by atoms with Crippen molar-refractivity contribution in [3.05, 3.63) is 108 Å². The summed E-state index contributed by atoms with van der Waals surface area (Å²) in [6.45, 7) is -0.450. The van der Waals surface area contributed by atoms with Gasteiger partial charge in [-0.05, 0) is 66.1 Å². The minimum absolute atomic E-state index is 0.0352. The molecule has 3 amide bonds. The van der Waals surface area contributed by atoms with Crippen molar-refractivity contribution in [1.29, 1.82) is 0 Å². The molecular formula is C33H31F3N4O4S. The summed E-state index contributed by atoms with van der Waals surface area (Å²) in [6.07, 6.45) is -2.10. The first kappa shape index (κ1) is 30.6. The lowest BCUT2D eigenvalue weighted by molar-refractivity contribution is -0.137. The number of hydrogen-bond donors (Lipinski definition) is 2. The van der Waals surface area contributed by atoms with Gasteiger partial charge in [-0.1, -0.05) is 60.7 Å². The van der Waals surface area contributed by atoms with Crippen molar-refractivity contribution in [2.24, 2.45) is 0 Å². The Kier molecular flexibility index (Phi) is 8.27. The number of carbonyl (C=O) groups excluding carboxylic acids is 2. The molecule has 2 N–H and O–H groups in total. The molecule has 4 aromatic rings. The van der Waals surface area contributed by atoms with E-state index in [4.69, 9.17) is 0 Å². The van der Waals surface area contributed by atoms with Crippen LogP contribution in [-0.2, 0) is 27.4 Å². The number of halogens is 3. The van der Waals surface area contributed by atoms with E-state index in [1.807, 2.05) is 42.5 Å². The van der Waals surface area contributed by atoms with E-state index in [1.54, 1.807) is 18.2 Å². The third-order valence-electron chi connectivity index (χ3n) is 8.41. The lowest BCUT2D eigenvalue weighted by Gasteiger charge is -2.40. The number of fused-ring (bicyclic) bond motifs is 2. The molecule has 1 fully saturated rings. The molecule has 234 valence electrons. The van der Waals surface area contributed by atoms with Gasteiger partial charge in [0.05, 0.1) is 16.5 Å². The van der Waals surface area contributed by atoms with Gasteiger partial charge in [0, 0.05) is 30.7 Å². The van der Waals surface area contributed by atoms with Crippen molar-refractivity contribution < 1.29 is 31.2 Å². The molecule has 4 aromatic carbocycles. The van der Waals surface area contributed by atoms with Crippen LogP contribution in [0.5, 0.6) is 0 Å². The number of nitrogens with one attached hydrogen (secondary N) is 2. The van der Waals surface area contributed by atoms with Gasteiger partial charge in [0.2, 0.25) is 15.9 Å². The molecule has 45 heavy (non-hydrogen) atoms. The molecule has 0 aromatic heterocycles. The fourth-order valence-electron chi connectivity index (χ4n) is 6.12. The third-order valence-corrected chi connectivity index (χ3v) is 10.4. The van der Waals surface area contributed by atoms with Crippen molar-refractivity contribution in [2.45, 2.75) is 42.4 Å². The lowest BCUT2D eigenvalue weighted by atomic mass is 9.87. The molecule has 2 unspecified atom stereocenters. The predicted molar refractivity (Wildman–Crippen MR) is 164 cm³/mol. The topological polar surface area (TPSA) is 98.8 Å². The molecular weight excluding hydrogens is 605 g/mol. The first-order chi connectivity index (χ1) is 21.5. The number of piperazine rings is 1. The number of hydrogen-bond acceptors (Lipinski definition) is 4. The summed E-state index contributed by atoms with van der Waals surface area (Å²) < 4.78 is 68.6. The molecule has 2 atom stereocenters. The van der Waals surface area contributed by atoms with E-state index in [0.717, 1.165) is 57.9 Å². The molecule has 1 aliphatic carbocycles. The normalized spacial score (nSPS) is 19.1. The van der Waals surface area contributed by atoms with Gasteiger partial charge in [-0.2, -0.15) is 17.5 Å². The SMILES string of the molecule is O=C(NC1CCCc2ccccc21)C1CN(C(=O)Nc2ccc(C(F)(F)F)cc2)CCN1S(=O)(=O)c1cccc2ccccc12. The monoisotopic (exact) mass is 636 g/mol. The molecule has 6 rings (SSSR count). The number of alkyl halides is 3. The van der Waals surface area contributed by atoms with Gasteiger partial charge in [-0.25, -0.2) is 13.2 Å². The standard InChI is InChI=1S/C33H31F3N4O4S/c34-33(35,36)24-15-17-25(18-16-24)37-32(42)39-19-20-40(45(43,44)30-14-6-10-23-8-2-4-12-27(23)30)29(21-39)31(41)38-28-13-5-9-22-7-1-3-11-26(22)28/h1-4,6-8,10-12,14-18,28-29H,5,9,13,19-21H2,(H,37,42)(H,38,41). The number of aryl methyl sites for hydroxylation is 1. The van der Waals surface area contributed by atoms with Crippen LogP contribution in [0.2, 0.25) is 0 Å². The van der Waals surface area contributed by atoms with Crippen LogP contribution in [0.15, 0.2) is 95.9 Å². The number of benzene rings is 4. The van der Waals surface area contributed by atoms with Crippen molar-refractivity contribution in [3.8, 4) is 0 Å². The summed E-state index contributed by atoms with van der Waals surface area (Å²) in [6, 6.07) is 21.6. The van der Waals surface area contributed by atoms with Crippen LogP contribution >= 0.6 is 0 Å².